The Hall–Kier alpha value is -3.29. The number of hydrogen-bond donors (Lipinski definition) is 1. The summed E-state index contributed by atoms with van der Waals surface area (Å²) >= 11 is 0. The van der Waals surface area contributed by atoms with Gasteiger partial charge in [0, 0.05) is 38.1 Å². The lowest BCUT2D eigenvalue weighted by Crippen LogP contribution is -2.47. The lowest BCUT2D eigenvalue weighted by Gasteiger charge is -2.35. The molecule has 1 saturated heterocycles. The number of aromatic nitrogens is 4. The van der Waals surface area contributed by atoms with E-state index in [4.69, 9.17) is 0 Å². The normalized spacial score (nSPS) is 14.3. The molecule has 8 heteroatoms. The van der Waals surface area contributed by atoms with Gasteiger partial charge in [-0.1, -0.05) is 6.07 Å². The van der Waals surface area contributed by atoms with Gasteiger partial charge in [0.15, 0.2) is 5.82 Å². The van der Waals surface area contributed by atoms with Crippen LogP contribution in [0.3, 0.4) is 0 Å². The standard InChI is InChI=1S/C19H20FN7/c20-15-4-6-17(7-5-15)26-9-11-27(12-10-26)19-24-18(14-23-25-19)22-13-16-3-1-2-8-21-16/h1-8,14H,9-13H2,(H,22,24,25). The maximum atomic E-state index is 13.1. The summed E-state index contributed by atoms with van der Waals surface area (Å²) < 4.78 is 13.1. The van der Waals surface area contributed by atoms with E-state index >= 15 is 0 Å². The van der Waals surface area contributed by atoms with Crippen molar-refractivity contribution in [3.63, 3.8) is 0 Å². The lowest BCUT2D eigenvalue weighted by molar-refractivity contribution is 0.622. The molecule has 7 nitrogen and oxygen atoms in total. The molecular formula is C19H20FN7. The second-order valence-corrected chi connectivity index (χ2v) is 6.27. The van der Waals surface area contributed by atoms with Crippen LogP contribution in [-0.2, 0) is 6.54 Å². The molecule has 27 heavy (non-hydrogen) atoms. The van der Waals surface area contributed by atoms with Crippen molar-refractivity contribution in [1.82, 2.24) is 20.2 Å². The highest BCUT2D eigenvalue weighted by Gasteiger charge is 2.20. The van der Waals surface area contributed by atoms with E-state index < -0.39 is 0 Å². The monoisotopic (exact) mass is 365 g/mol. The van der Waals surface area contributed by atoms with Gasteiger partial charge >= 0.3 is 0 Å². The number of benzene rings is 1. The van der Waals surface area contributed by atoms with E-state index in [0.29, 0.717) is 18.3 Å². The van der Waals surface area contributed by atoms with Crippen LogP contribution in [-0.4, -0.2) is 46.3 Å². The molecule has 0 spiro atoms. The van der Waals surface area contributed by atoms with E-state index in [1.807, 2.05) is 30.3 Å². The van der Waals surface area contributed by atoms with E-state index in [0.717, 1.165) is 37.6 Å². The van der Waals surface area contributed by atoms with E-state index in [2.05, 4.69) is 35.3 Å². The van der Waals surface area contributed by atoms with Crippen molar-refractivity contribution in [3.05, 3.63) is 66.4 Å². The van der Waals surface area contributed by atoms with Gasteiger partial charge in [0.25, 0.3) is 0 Å². The van der Waals surface area contributed by atoms with Gasteiger partial charge in [-0.05, 0) is 36.4 Å². The van der Waals surface area contributed by atoms with Crippen LogP contribution in [0.2, 0.25) is 0 Å². The second kappa shape index (κ2) is 7.94. The van der Waals surface area contributed by atoms with Crippen LogP contribution in [0.15, 0.2) is 54.9 Å². The van der Waals surface area contributed by atoms with E-state index in [1.165, 1.54) is 12.1 Å². The minimum atomic E-state index is -0.216. The fourth-order valence-electron chi connectivity index (χ4n) is 3.01. The van der Waals surface area contributed by atoms with Crippen molar-refractivity contribution in [1.29, 1.82) is 0 Å². The minimum Gasteiger partial charge on any atom is -0.368 e. The quantitative estimate of drug-likeness (QED) is 0.744. The highest BCUT2D eigenvalue weighted by Crippen LogP contribution is 2.19. The second-order valence-electron chi connectivity index (χ2n) is 6.27. The van der Waals surface area contributed by atoms with E-state index in [9.17, 15) is 4.39 Å². The van der Waals surface area contributed by atoms with Crippen molar-refractivity contribution in [2.45, 2.75) is 6.54 Å². The summed E-state index contributed by atoms with van der Waals surface area (Å²) in [6.45, 7) is 3.78. The third-order valence-corrected chi connectivity index (χ3v) is 4.48. The van der Waals surface area contributed by atoms with Crippen molar-refractivity contribution in [3.8, 4) is 0 Å². The number of pyridine rings is 1. The van der Waals surface area contributed by atoms with Gasteiger partial charge in [-0.25, -0.2) is 4.39 Å². The van der Waals surface area contributed by atoms with E-state index in [1.54, 1.807) is 12.4 Å². The number of hydrogen-bond acceptors (Lipinski definition) is 7. The van der Waals surface area contributed by atoms with Gasteiger partial charge < -0.3 is 15.1 Å². The number of halogens is 1. The third kappa shape index (κ3) is 4.28. The number of anilines is 3. The molecule has 0 unspecified atom stereocenters. The Bertz CT molecular complexity index is 865. The zero-order valence-electron chi connectivity index (χ0n) is 14.8. The van der Waals surface area contributed by atoms with Crippen LogP contribution < -0.4 is 15.1 Å². The van der Waals surface area contributed by atoms with Gasteiger partial charge in [-0.15, -0.1) is 5.10 Å². The maximum absolute atomic E-state index is 13.1. The van der Waals surface area contributed by atoms with Crippen LogP contribution in [0.25, 0.3) is 0 Å². The molecule has 0 amide bonds. The predicted molar refractivity (Wildman–Crippen MR) is 102 cm³/mol. The zero-order valence-corrected chi connectivity index (χ0v) is 14.8. The first kappa shape index (κ1) is 17.1. The number of piperazine rings is 1. The first-order chi connectivity index (χ1) is 13.3. The molecule has 1 fully saturated rings. The predicted octanol–water partition coefficient (Wildman–Crippen LogP) is 2.34. The van der Waals surface area contributed by atoms with Crippen LogP contribution in [0.4, 0.5) is 21.8 Å². The van der Waals surface area contributed by atoms with Gasteiger partial charge in [0.1, 0.15) is 5.82 Å². The molecule has 138 valence electrons. The lowest BCUT2D eigenvalue weighted by atomic mass is 10.2. The molecule has 0 radical (unpaired) electrons. The molecule has 2 aromatic heterocycles. The SMILES string of the molecule is Fc1ccc(N2CCN(c3nncc(NCc4ccccn4)n3)CC2)cc1. The summed E-state index contributed by atoms with van der Waals surface area (Å²) in [6.07, 6.45) is 3.38. The largest absolute Gasteiger partial charge is 0.368 e. The summed E-state index contributed by atoms with van der Waals surface area (Å²) in [4.78, 5) is 13.2. The number of nitrogens with zero attached hydrogens (tertiary/aromatic N) is 6. The average molecular weight is 365 g/mol. The minimum absolute atomic E-state index is 0.216. The first-order valence-electron chi connectivity index (χ1n) is 8.87. The number of rotatable bonds is 5. The Balaban J connectivity index is 1.36. The van der Waals surface area contributed by atoms with Crippen LogP contribution in [0.5, 0.6) is 0 Å². The van der Waals surface area contributed by atoms with Gasteiger partial charge in [-0.2, -0.15) is 10.1 Å². The average Bonchev–Trinajstić information content (AvgIpc) is 2.74. The molecule has 1 aromatic carbocycles. The van der Waals surface area contributed by atoms with Crippen LogP contribution >= 0.6 is 0 Å². The molecule has 0 aliphatic carbocycles. The summed E-state index contributed by atoms with van der Waals surface area (Å²) in [6, 6.07) is 12.4. The fourth-order valence-corrected chi connectivity index (χ4v) is 3.01. The topological polar surface area (TPSA) is 70.1 Å². The van der Waals surface area contributed by atoms with Crippen molar-refractivity contribution in [2.75, 3.05) is 41.3 Å². The summed E-state index contributed by atoms with van der Waals surface area (Å²) in [5.74, 6) is 1.07. The summed E-state index contributed by atoms with van der Waals surface area (Å²) in [7, 11) is 0. The van der Waals surface area contributed by atoms with Gasteiger partial charge in [0.05, 0.1) is 18.4 Å². The molecule has 1 N–H and O–H groups in total. The molecule has 0 atom stereocenters. The van der Waals surface area contributed by atoms with Crippen molar-refractivity contribution >= 4 is 17.5 Å². The Morgan fingerprint density at radius 3 is 2.48 bits per heavy atom. The third-order valence-electron chi connectivity index (χ3n) is 4.48. The first-order valence-corrected chi connectivity index (χ1v) is 8.87. The van der Waals surface area contributed by atoms with Crippen LogP contribution in [0, 0.1) is 5.82 Å². The highest BCUT2D eigenvalue weighted by molar-refractivity contribution is 5.49. The van der Waals surface area contributed by atoms with Crippen LogP contribution in [0.1, 0.15) is 5.69 Å². The Kier molecular flexibility index (Phi) is 5.04. The molecule has 0 saturated carbocycles. The molecule has 3 aromatic rings. The Morgan fingerprint density at radius 1 is 0.963 bits per heavy atom. The molecule has 3 heterocycles. The summed E-state index contributed by atoms with van der Waals surface area (Å²) in [5, 5.41) is 11.5. The smallest absolute Gasteiger partial charge is 0.247 e. The number of nitrogens with one attached hydrogen (secondary N) is 1. The molecular weight excluding hydrogens is 345 g/mol. The van der Waals surface area contributed by atoms with Gasteiger partial charge in [0.2, 0.25) is 5.95 Å². The highest BCUT2D eigenvalue weighted by atomic mass is 19.1. The maximum Gasteiger partial charge on any atom is 0.247 e. The van der Waals surface area contributed by atoms with Gasteiger partial charge in [-0.3, -0.25) is 4.98 Å². The Morgan fingerprint density at radius 2 is 1.74 bits per heavy atom. The van der Waals surface area contributed by atoms with E-state index in [-0.39, 0.29) is 5.82 Å². The van der Waals surface area contributed by atoms with Crippen molar-refractivity contribution < 1.29 is 4.39 Å². The Labute approximate surface area is 156 Å². The molecule has 1 aliphatic rings. The fraction of sp³-hybridized carbons (Fsp3) is 0.263. The molecule has 0 bridgehead atoms. The summed E-state index contributed by atoms with van der Waals surface area (Å²) in [5.41, 5.74) is 1.96. The van der Waals surface area contributed by atoms with Crippen molar-refractivity contribution in [2.24, 2.45) is 0 Å². The zero-order chi connectivity index (χ0) is 18.5. The molecule has 4 rings (SSSR count). The molecule has 1 aliphatic heterocycles.